The summed E-state index contributed by atoms with van der Waals surface area (Å²) in [4.78, 5) is 15.4. The number of hydrogen-bond acceptors (Lipinski definition) is 3. The Morgan fingerprint density at radius 2 is 2.33 bits per heavy atom. The van der Waals surface area contributed by atoms with Crippen LogP contribution >= 0.6 is 15.9 Å². The molecule has 78 valence electrons. The zero-order chi connectivity index (χ0) is 10.4. The number of pyridine rings is 1. The summed E-state index contributed by atoms with van der Waals surface area (Å²) in [6.45, 7) is 0.0612. The van der Waals surface area contributed by atoms with Crippen LogP contribution in [-0.2, 0) is 4.79 Å². The highest BCUT2D eigenvalue weighted by Gasteiger charge is 2.32. The SMILES string of the molecule is O=C1COc2ncc(Br)c(C3CC3)c2N1. The number of carbonyl (C=O) groups excluding carboxylic acids is 1. The number of carbonyl (C=O) groups is 1. The lowest BCUT2D eigenvalue weighted by Crippen LogP contribution is -2.27. The third-order valence-electron chi connectivity index (χ3n) is 2.63. The number of nitrogens with one attached hydrogen (secondary N) is 1. The van der Waals surface area contributed by atoms with Crippen LogP contribution in [0.4, 0.5) is 5.69 Å². The van der Waals surface area contributed by atoms with Crippen LogP contribution in [0, 0.1) is 0 Å². The number of ether oxygens (including phenoxy) is 1. The molecule has 0 spiro atoms. The number of fused-ring (bicyclic) bond motifs is 1. The van der Waals surface area contributed by atoms with Crippen LogP contribution in [-0.4, -0.2) is 17.5 Å². The smallest absolute Gasteiger partial charge is 0.262 e. The van der Waals surface area contributed by atoms with Gasteiger partial charge in [0.2, 0.25) is 5.88 Å². The highest BCUT2D eigenvalue weighted by molar-refractivity contribution is 9.10. The number of amides is 1. The zero-order valence-corrected chi connectivity index (χ0v) is 9.50. The second-order valence-electron chi connectivity index (χ2n) is 3.81. The van der Waals surface area contributed by atoms with Crippen LogP contribution in [0.2, 0.25) is 0 Å². The number of anilines is 1. The van der Waals surface area contributed by atoms with Crippen molar-refractivity contribution in [3.8, 4) is 5.88 Å². The molecule has 1 fully saturated rings. The van der Waals surface area contributed by atoms with Gasteiger partial charge in [-0.05, 0) is 34.7 Å². The van der Waals surface area contributed by atoms with Crippen LogP contribution in [0.5, 0.6) is 5.88 Å². The molecule has 4 nitrogen and oxygen atoms in total. The van der Waals surface area contributed by atoms with Crippen molar-refractivity contribution in [3.63, 3.8) is 0 Å². The van der Waals surface area contributed by atoms with E-state index in [-0.39, 0.29) is 12.5 Å². The Bertz CT molecular complexity index is 443. The number of hydrogen-bond donors (Lipinski definition) is 1. The molecule has 1 aliphatic heterocycles. The molecular formula is C10H9BrN2O2. The first-order valence-electron chi connectivity index (χ1n) is 4.87. The minimum absolute atomic E-state index is 0.0612. The van der Waals surface area contributed by atoms with E-state index in [4.69, 9.17) is 4.74 Å². The van der Waals surface area contributed by atoms with Gasteiger partial charge in [0.1, 0.15) is 5.69 Å². The van der Waals surface area contributed by atoms with Crippen molar-refractivity contribution >= 4 is 27.5 Å². The van der Waals surface area contributed by atoms with Crippen LogP contribution in [0.1, 0.15) is 24.3 Å². The van der Waals surface area contributed by atoms with Gasteiger partial charge in [0.15, 0.2) is 6.61 Å². The van der Waals surface area contributed by atoms with Gasteiger partial charge in [-0.25, -0.2) is 4.98 Å². The predicted octanol–water partition coefficient (Wildman–Crippen LogP) is 2.05. The Hall–Kier alpha value is -1.10. The topological polar surface area (TPSA) is 51.2 Å². The first kappa shape index (κ1) is 9.15. The molecule has 1 N–H and O–H groups in total. The highest BCUT2D eigenvalue weighted by Crippen LogP contribution is 2.49. The van der Waals surface area contributed by atoms with Gasteiger partial charge < -0.3 is 10.1 Å². The standard InChI is InChI=1S/C10H9BrN2O2/c11-6-3-12-10-9(8(6)5-1-2-5)13-7(14)4-15-10/h3,5H,1-2,4H2,(H,13,14). The van der Waals surface area contributed by atoms with Crippen LogP contribution in [0.25, 0.3) is 0 Å². The van der Waals surface area contributed by atoms with Crippen LogP contribution in [0.3, 0.4) is 0 Å². The molecule has 3 rings (SSSR count). The van der Waals surface area contributed by atoms with E-state index < -0.39 is 0 Å². The summed E-state index contributed by atoms with van der Waals surface area (Å²) in [6.07, 6.45) is 4.08. The lowest BCUT2D eigenvalue weighted by Gasteiger charge is -2.20. The van der Waals surface area contributed by atoms with Gasteiger partial charge in [0.25, 0.3) is 5.91 Å². The molecule has 0 saturated heterocycles. The van der Waals surface area contributed by atoms with Crippen molar-refractivity contribution in [1.82, 2.24) is 4.98 Å². The summed E-state index contributed by atoms with van der Waals surface area (Å²) < 4.78 is 6.22. The molecule has 1 aromatic heterocycles. The maximum Gasteiger partial charge on any atom is 0.262 e. The van der Waals surface area contributed by atoms with Crippen molar-refractivity contribution in [2.75, 3.05) is 11.9 Å². The summed E-state index contributed by atoms with van der Waals surface area (Å²) in [5, 5.41) is 2.83. The minimum Gasteiger partial charge on any atom is -0.466 e. The normalized spacial score (nSPS) is 19.1. The van der Waals surface area contributed by atoms with Gasteiger partial charge in [-0.1, -0.05) is 0 Å². The molecule has 15 heavy (non-hydrogen) atoms. The second kappa shape index (κ2) is 3.20. The molecule has 1 saturated carbocycles. The molecule has 0 unspecified atom stereocenters. The van der Waals surface area contributed by atoms with E-state index in [1.54, 1.807) is 6.20 Å². The molecule has 2 aliphatic rings. The first-order chi connectivity index (χ1) is 7.25. The molecule has 1 aliphatic carbocycles. The highest BCUT2D eigenvalue weighted by atomic mass is 79.9. The maximum atomic E-state index is 11.3. The van der Waals surface area contributed by atoms with Gasteiger partial charge in [0.05, 0.1) is 0 Å². The van der Waals surface area contributed by atoms with E-state index in [9.17, 15) is 4.79 Å². The average Bonchev–Trinajstić information content (AvgIpc) is 3.01. The fourth-order valence-corrected chi connectivity index (χ4v) is 2.42. The van der Waals surface area contributed by atoms with Crippen molar-refractivity contribution in [3.05, 3.63) is 16.2 Å². The number of halogens is 1. The van der Waals surface area contributed by atoms with E-state index >= 15 is 0 Å². The Morgan fingerprint density at radius 3 is 3.07 bits per heavy atom. The Labute approximate surface area is 95.2 Å². The summed E-state index contributed by atoms with van der Waals surface area (Å²) in [5.74, 6) is 0.974. The van der Waals surface area contributed by atoms with Crippen LogP contribution in [0.15, 0.2) is 10.7 Å². The number of rotatable bonds is 1. The van der Waals surface area contributed by atoms with Crippen LogP contribution < -0.4 is 10.1 Å². The van der Waals surface area contributed by atoms with Gasteiger partial charge in [-0.2, -0.15) is 0 Å². The number of aromatic nitrogens is 1. The molecule has 1 amide bonds. The van der Waals surface area contributed by atoms with Crippen molar-refractivity contribution in [2.24, 2.45) is 0 Å². The van der Waals surface area contributed by atoms with E-state index in [2.05, 4.69) is 26.2 Å². The fraction of sp³-hybridized carbons (Fsp3) is 0.400. The minimum atomic E-state index is -0.107. The predicted molar refractivity (Wildman–Crippen MR) is 58.0 cm³/mol. The van der Waals surface area contributed by atoms with Gasteiger partial charge in [0, 0.05) is 16.2 Å². The summed E-state index contributed by atoms with van der Waals surface area (Å²) in [7, 11) is 0. The largest absolute Gasteiger partial charge is 0.466 e. The van der Waals surface area contributed by atoms with E-state index in [0.29, 0.717) is 11.8 Å². The van der Waals surface area contributed by atoms with E-state index in [1.807, 2.05) is 0 Å². The molecule has 0 bridgehead atoms. The summed E-state index contributed by atoms with van der Waals surface area (Å²) in [5.41, 5.74) is 1.89. The zero-order valence-electron chi connectivity index (χ0n) is 7.92. The molecular weight excluding hydrogens is 260 g/mol. The Kier molecular flexibility index (Phi) is 1.95. The van der Waals surface area contributed by atoms with Crippen molar-refractivity contribution < 1.29 is 9.53 Å². The third-order valence-corrected chi connectivity index (χ3v) is 3.26. The third kappa shape index (κ3) is 1.51. The van der Waals surface area contributed by atoms with Crippen molar-refractivity contribution in [2.45, 2.75) is 18.8 Å². The average molecular weight is 269 g/mol. The summed E-state index contributed by atoms with van der Waals surface area (Å²) in [6, 6.07) is 0. The number of nitrogens with zero attached hydrogens (tertiary/aromatic N) is 1. The fourth-order valence-electron chi connectivity index (χ4n) is 1.79. The van der Waals surface area contributed by atoms with Crippen molar-refractivity contribution in [1.29, 1.82) is 0 Å². The molecule has 0 radical (unpaired) electrons. The molecule has 0 atom stereocenters. The summed E-state index contributed by atoms with van der Waals surface area (Å²) >= 11 is 3.47. The van der Waals surface area contributed by atoms with E-state index in [0.717, 1.165) is 15.7 Å². The Balaban J connectivity index is 2.14. The molecule has 2 heterocycles. The lowest BCUT2D eigenvalue weighted by molar-refractivity contribution is -0.118. The van der Waals surface area contributed by atoms with E-state index in [1.165, 1.54) is 12.8 Å². The molecule has 0 aromatic carbocycles. The van der Waals surface area contributed by atoms with Gasteiger partial charge in [-0.15, -0.1) is 0 Å². The lowest BCUT2D eigenvalue weighted by atomic mass is 10.1. The monoisotopic (exact) mass is 268 g/mol. The second-order valence-corrected chi connectivity index (χ2v) is 4.67. The maximum absolute atomic E-state index is 11.3. The van der Waals surface area contributed by atoms with Gasteiger partial charge in [-0.3, -0.25) is 4.79 Å². The quantitative estimate of drug-likeness (QED) is 0.848. The van der Waals surface area contributed by atoms with Gasteiger partial charge >= 0.3 is 0 Å². The molecule has 5 heteroatoms. The first-order valence-corrected chi connectivity index (χ1v) is 5.66. The molecule has 1 aromatic rings. The Morgan fingerprint density at radius 1 is 1.53 bits per heavy atom.